The standard InChI is InChI=1S/C19H28O3/c1-11(2)19(20)22-9-8-21-10-16-12(3)17-13(4)18(16)15-7-5-6-14(15)17/h5,7,12-18H,1,6,8-10H2,2-4H3/t12-,13+,14?,15-,16-,17-,18-/m0/s1. The fourth-order valence-electron chi connectivity index (χ4n) is 5.50. The molecular formula is C19H28O3. The van der Waals surface area contributed by atoms with Crippen LogP contribution in [0.3, 0.4) is 0 Å². The quantitative estimate of drug-likeness (QED) is 0.326. The van der Waals surface area contributed by atoms with Gasteiger partial charge in [0.05, 0.1) is 13.2 Å². The summed E-state index contributed by atoms with van der Waals surface area (Å²) in [6.07, 6.45) is 6.12. The summed E-state index contributed by atoms with van der Waals surface area (Å²) in [5.41, 5.74) is 0.439. The first kappa shape index (κ1) is 15.8. The molecule has 0 amide bonds. The molecule has 3 aliphatic rings. The van der Waals surface area contributed by atoms with E-state index in [0.717, 1.165) is 42.1 Å². The van der Waals surface area contributed by atoms with Gasteiger partial charge < -0.3 is 9.47 Å². The zero-order valence-electron chi connectivity index (χ0n) is 14.0. The summed E-state index contributed by atoms with van der Waals surface area (Å²) in [6.45, 7) is 11.7. The predicted molar refractivity (Wildman–Crippen MR) is 86.1 cm³/mol. The van der Waals surface area contributed by atoms with Crippen LogP contribution in [0.15, 0.2) is 24.3 Å². The van der Waals surface area contributed by atoms with E-state index in [2.05, 4.69) is 32.6 Å². The third kappa shape index (κ3) is 2.54. The number of esters is 1. The van der Waals surface area contributed by atoms with Crippen molar-refractivity contribution >= 4 is 5.97 Å². The van der Waals surface area contributed by atoms with Gasteiger partial charge in [0, 0.05) is 5.57 Å². The molecule has 7 atom stereocenters. The number of allylic oxidation sites excluding steroid dienone is 2. The van der Waals surface area contributed by atoms with Crippen LogP contribution >= 0.6 is 0 Å². The first-order chi connectivity index (χ1) is 10.5. The zero-order chi connectivity index (χ0) is 15.9. The minimum atomic E-state index is -0.329. The summed E-state index contributed by atoms with van der Waals surface area (Å²) < 4.78 is 10.9. The Bertz CT molecular complexity index is 481. The van der Waals surface area contributed by atoms with Gasteiger partial charge in [-0.1, -0.05) is 32.6 Å². The van der Waals surface area contributed by atoms with Gasteiger partial charge in [-0.3, -0.25) is 0 Å². The molecule has 122 valence electrons. The van der Waals surface area contributed by atoms with Gasteiger partial charge in [-0.25, -0.2) is 4.79 Å². The van der Waals surface area contributed by atoms with Crippen molar-refractivity contribution in [2.45, 2.75) is 27.2 Å². The third-order valence-corrected chi connectivity index (χ3v) is 6.31. The van der Waals surface area contributed by atoms with Crippen LogP contribution in [-0.4, -0.2) is 25.8 Å². The molecule has 0 N–H and O–H groups in total. The van der Waals surface area contributed by atoms with Gasteiger partial charge in [0.1, 0.15) is 6.61 Å². The summed E-state index contributed by atoms with van der Waals surface area (Å²) >= 11 is 0. The van der Waals surface area contributed by atoms with Gasteiger partial charge in [0.25, 0.3) is 0 Å². The van der Waals surface area contributed by atoms with Gasteiger partial charge in [-0.05, 0) is 54.8 Å². The number of hydrogen-bond acceptors (Lipinski definition) is 3. The summed E-state index contributed by atoms with van der Waals surface area (Å²) in [6, 6.07) is 0. The molecule has 3 rings (SSSR count). The first-order valence-corrected chi connectivity index (χ1v) is 8.59. The average Bonchev–Trinajstić information content (AvgIpc) is 3.09. The Morgan fingerprint density at radius 1 is 1.23 bits per heavy atom. The van der Waals surface area contributed by atoms with Crippen molar-refractivity contribution in [3.63, 3.8) is 0 Å². The second kappa shape index (κ2) is 6.19. The molecule has 0 aromatic heterocycles. The van der Waals surface area contributed by atoms with Crippen molar-refractivity contribution in [3.05, 3.63) is 24.3 Å². The van der Waals surface area contributed by atoms with E-state index in [4.69, 9.17) is 9.47 Å². The van der Waals surface area contributed by atoms with Gasteiger partial charge in [-0.15, -0.1) is 0 Å². The van der Waals surface area contributed by atoms with Crippen molar-refractivity contribution in [2.24, 2.45) is 41.4 Å². The molecule has 0 aromatic carbocycles. The molecule has 0 radical (unpaired) electrons. The van der Waals surface area contributed by atoms with E-state index in [0.29, 0.717) is 24.7 Å². The molecule has 0 aliphatic heterocycles. The van der Waals surface area contributed by atoms with Crippen molar-refractivity contribution in [1.29, 1.82) is 0 Å². The minimum Gasteiger partial charge on any atom is -0.460 e. The van der Waals surface area contributed by atoms with Crippen LogP contribution in [0.4, 0.5) is 0 Å². The Morgan fingerprint density at radius 2 is 2.00 bits per heavy atom. The molecule has 2 saturated carbocycles. The van der Waals surface area contributed by atoms with Gasteiger partial charge in [-0.2, -0.15) is 0 Å². The highest BCUT2D eigenvalue weighted by Gasteiger charge is 2.60. The largest absolute Gasteiger partial charge is 0.460 e. The molecule has 22 heavy (non-hydrogen) atoms. The molecule has 3 heteroatoms. The molecule has 2 bridgehead atoms. The molecular weight excluding hydrogens is 276 g/mol. The number of carbonyl (C=O) groups is 1. The lowest BCUT2D eigenvalue weighted by molar-refractivity contribution is -0.140. The van der Waals surface area contributed by atoms with Crippen LogP contribution in [-0.2, 0) is 14.3 Å². The Morgan fingerprint density at radius 3 is 2.73 bits per heavy atom. The number of rotatable bonds is 6. The van der Waals surface area contributed by atoms with Crippen molar-refractivity contribution in [1.82, 2.24) is 0 Å². The summed E-state index contributed by atoms with van der Waals surface area (Å²) in [4.78, 5) is 11.3. The second-order valence-corrected chi connectivity index (χ2v) is 7.43. The van der Waals surface area contributed by atoms with Gasteiger partial charge in [0.2, 0.25) is 0 Å². The lowest BCUT2D eigenvalue weighted by Crippen LogP contribution is -2.34. The van der Waals surface area contributed by atoms with E-state index in [1.165, 1.54) is 6.42 Å². The summed E-state index contributed by atoms with van der Waals surface area (Å²) in [5.74, 6) is 5.21. The maximum Gasteiger partial charge on any atom is 0.333 e. The molecule has 0 heterocycles. The molecule has 3 aliphatic carbocycles. The number of fused-ring (bicyclic) bond motifs is 5. The fraction of sp³-hybridized carbons (Fsp3) is 0.737. The Labute approximate surface area is 133 Å². The Kier molecular flexibility index (Phi) is 4.44. The lowest BCUT2D eigenvalue weighted by Gasteiger charge is -2.36. The maximum absolute atomic E-state index is 11.3. The van der Waals surface area contributed by atoms with Crippen LogP contribution in [0.25, 0.3) is 0 Å². The molecule has 2 fully saturated rings. The van der Waals surface area contributed by atoms with E-state index >= 15 is 0 Å². The maximum atomic E-state index is 11.3. The molecule has 0 aromatic rings. The van der Waals surface area contributed by atoms with Gasteiger partial charge in [0.15, 0.2) is 0 Å². The summed E-state index contributed by atoms with van der Waals surface area (Å²) in [7, 11) is 0. The van der Waals surface area contributed by atoms with Crippen molar-refractivity contribution in [3.8, 4) is 0 Å². The highest BCUT2D eigenvalue weighted by Crippen LogP contribution is 2.64. The Balaban J connectivity index is 1.47. The third-order valence-electron chi connectivity index (χ3n) is 6.31. The van der Waals surface area contributed by atoms with E-state index in [-0.39, 0.29) is 5.97 Å². The zero-order valence-corrected chi connectivity index (χ0v) is 14.0. The van der Waals surface area contributed by atoms with Crippen LogP contribution in [0, 0.1) is 41.4 Å². The summed E-state index contributed by atoms with van der Waals surface area (Å²) in [5, 5.41) is 0. The SMILES string of the molecule is C=C(C)C(=O)OCCOC[C@H]1[C@H](C)[C@@H]2C3CC=C[C@@H]3[C@@H]1[C@@H]2C. The normalized spacial score (nSPS) is 41.7. The monoisotopic (exact) mass is 304 g/mol. The second-order valence-electron chi connectivity index (χ2n) is 7.43. The van der Waals surface area contributed by atoms with Crippen LogP contribution in [0.1, 0.15) is 27.2 Å². The van der Waals surface area contributed by atoms with Gasteiger partial charge >= 0.3 is 5.97 Å². The molecule has 1 unspecified atom stereocenters. The average molecular weight is 304 g/mol. The number of ether oxygens (including phenoxy) is 2. The van der Waals surface area contributed by atoms with Crippen molar-refractivity contribution < 1.29 is 14.3 Å². The number of hydrogen-bond donors (Lipinski definition) is 0. The Hall–Kier alpha value is -1.09. The molecule has 0 spiro atoms. The molecule has 3 nitrogen and oxygen atoms in total. The smallest absolute Gasteiger partial charge is 0.333 e. The predicted octanol–water partition coefficient (Wildman–Crippen LogP) is 3.46. The van der Waals surface area contributed by atoms with Crippen LogP contribution < -0.4 is 0 Å². The number of carbonyl (C=O) groups excluding carboxylic acids is 1. The highest BCUT2D eigenvalue weighted by atomic mass is 16.6. The van der Waals surface area contributed by atoms with E-state index in [1.807, 2.05) is 0 Å². The van der Waals surface area contributed by atoms with E-state index in [1.54, 1.807) is 6.92 Å². The lowest BCUT2D eigenvalue weighted by atomic mass is 9.70. The topological polar surface area (TPSA) is 35.5 Å². The van der Waals surface area contributed by atoms with Crippen LogP contribution in [0.5, 0.6) is 0 Å². The van der Waals surface area contributed by atoms with E-state index < -0.39 is 0 Å². The van der Waals surface area contributed by atoms with E-state index in [9.17, 15) is 4.79 Å². The fourth-order valence-corrected chi connectivity index (χ4v) is 5.50. The molecule has 0 saturated heterocycles. The minimum absolute atomic E-state index is 0.322. The van der Waals surface area contributed by atoms with Crippen LogP contribution in [0.2, 0.25) is 0 Å². The van der Waals surface area contributed by atoms with Crippen molar-refractivity contribution in [2.75, 3.05) is 19.8 Å². The highest BCUT2D eigenvalue weighted by molar-refractivity contribution is 5.86. The first-order valence-electron chi connectivity index (χ1n) is 8.59.